The second-order valence-electron chi connectivity index (χ2n) is 4.53. The number of esters is 1. The van der Waals surface area contributed by atoms with Crippen LogP contribution in [-0.2, 0) is 9.53 Å². The second-order valence-corrected chi connectivity index (χ2v) is 5.32. The van der Waals surface area contributed by atoms with Gasteiger partial charge in [-0.3, -0.25) is 14.9 Å². The maximum atomic E-state index is 11.8. The predicted octanol–water partition coefficient (Wildman–Crippen LogP) is 3.70. The molecule has 0 unspecified atom stereocenters. The molecule has 7 nitrogen and oxygen atoms in total. The number of carbonyl (C=O) groups excluding carboxylic acids is 2. The Labute approximate surface area is 146 Å². The minimum absolute atomic E-state index is 0.0298. The normalized spacial score (nSPS) is 10.1. The first-order chi connectivity index (χ1) is 11.4. The van der Waals surface area contributed by atoms with Crippen molar-refractivity contribution in [3.05, 3.63) is 68.2 Å². The molecule has 24 heavy (non-hydrogen) atoms. The van der Waals surface area contributed by atoms with Crippen molar-refractivity contribution in [1.29, 1.82) is 0 Å². The summed E-state index contributed by atoms with van der Waals surface area (Å²) >= 11 is 11.7. The molecular formula is C15H10Cl2N2O5. The Morgan fingerprint density at radius 2 is 1.88 bits per heavy atom. The smallest absolute Gasteiger partial charge is 0.338 e. The third-order valence-corrected chi connectivity index (χ3v) is 3.67. The van der Waals surface area contributed by atoms with E-state index in [2.05, 4.69) is 5.32 Å². The number of nitro groups is 1. The van der Waals surface area contributed by atoms with E-state index in [4.69, 9.17) is 27.9 Å². The number of halogens is 2. The zero-order valence-corrected chi connectivity index (χ0v) is 13.5. The van der Waals surface area contributed by atoms with Crippen LogP contribution in [0.25, 0.3) is 0 Å². The number of nitrogens with zero attached hydrogens (tertiary/aromatic N) is 1. The van der Waals surface area contributed by atoms with E-state index < -0.39 is 23.4 Å². The van der Waals surface area contributed by atoms with Gasteiger partial charge in [0.25, 0.3) is 11.6 Å². The van der Waals surface area contributed by atoms with Gasteiger partial charge >= 0.3 is 5.97 Å². The monoisotopic (exact) mass is 368 g/mol. The highest BCUT2D eigenvalue weighted by Crippen LogP contribution is 2.29. The first-order valence-electron chi connectivity index (χ1n) is 6.54. The first-order valence-corrected chi connectivity index (χ1v) is 7.29. The molecule has 1 N–H and O–H groups in total. The van der Waals surface area contributed by atoms with E-state index in [0.29, 0.717) is 0 Å². The van der Waals surface area contributed by atoms with Crippen LogP contribution < -0.4 is 5.32 Å². The zero-order chi connectivity index (χ0) is 17.7. The summed E-state index contributed by atoms with van der Waals surface area (Å²) in [5, 5.41) is 13.5. The molecule has 0 fully saturated rings. The number of non-ortho nitro benzene ring substituents is 1. The lowest BCUT2D eigenvalue weighted by Crippen LogP contribution is -2.21. The molecule has 1 amide bonds. The molecule has 0 aliphatic rings. The Bertz CT molecular complexity index is 810. The van der Waals surface area contributed by atoms with Crippen LogP contribution in [-0.4, -0.2) is 23.4 Å². The fourth-order valence-electron chi connectivity index (χ4n) is 1.75. The number of hydrogen-bond donors (Lipinski definition) is 1. The van der Waals surface area contributed by atoms with E-state index in [1.54, 1.807) is 12.1 Å². The summed E-state index contributed by atoms with van der Waals surface area (Å²) < 4.78 is 4.82. The van der Waals surface area contributed by atoms with Crippen LogP contribution >= 0.6 is 23.2 Å². The molecule has 9 heteroatoms. The van der Waals surface area contributed by atoms with Gasteiger partial charge in [0.1, 0.15) is 0 Å². The molecule has 0 bridgehead atoms. The Morgan fingerprint density at radius 1 is 1.17 bits per heavy atom. The summed E-state index contributed by atoms with van der Waals surface area (Å²) in [6, 6.07) is 9.69. The van der Waals surface area contributed by atoms with E-state index >= 15 is 0 Å². The number of nitro benzene ring substituents is 1. The molecule has 0 aliphatic heterocycles. The van der Waals surface area contributed by atoms with Gasteiger partial charge in [-0.1, -0.05) is 35.3 Å². The highest BCUT2D eigenvalue weighted by molar-refractivity contribution is 6.44. The number of nitrogens with one attached hydrogen (secondary N) is 1. The largest absolute Gasteiger partial charge is 0.452 e. The molecule has 2 aromatic carbocycles. The van der Waals surface area contributed by atoms with Crippen molar-refractivity contribution in [2.45, 2.75) is 0 Å². The molecule has 0 heterocycles. The highest BCUT2D eigenvalue weighted by atomic mass is 35.5. The minimum atomic E-state index is -0.856. The van der Waals surface area contributed by atoms with Gasteiger partial charge in [0.05, 0.1) is 26.2 Å². The molecule has 0 spiro atoms. The number of amides is 1. The van der Waals surface area contributed by atoms with Crippen LogP contribution in [0.3, 0.4) is 0 Å². The Kier molecular flexibility index (Phi) is 5.73. The van der Waals surface area contributed by atoms with Crippen LogP contribution in [0.1, 0.15) is 10.4 Å². The van der Waals surface area contributed by atoms with E-state index in [1.165, 1.54) is 24.3 Å². The predicted molar refractivity (Wildman–Crippen MR) is 88.5 cm³/mol. The summed E-state index contributed by atoms with van der Waals surface area (Å²) in [5.74, 6) is -1.48. The molecule has 0 radical (unpaired) electrons. The quantitative estimate of drug-likeness (QED) is 0.492. The van der Waals surface area contributed by atoms with Crippen LogP contribution in [0.15, 0.2) is 42.5 Å². The van der Waals surface area contributed by atoms with Gasteiger partial charge in [-0.25, -0.2) is 4.79 Å². The lowest BCUT2D eigenvalue weighted by molar-refractivity contribution is -0.384. The van der Waals surface area contributed by atoms with Crippen LogP contribution in [0.2, 0.25) is 10.0 Å². The van der Waals surface area contributed by atoms with Crippen molar-refractivity contribution in [2.24, 2.45) is 0 Å². The number of anilines is 1. The van der Waals surface area contributed by atoms with Crippen molar-refractivity contribution >= 4 is 46.5 Å². The topological polar surface area (TPSA) is 98.5 Å². The van der Waals surface area contributed by atoms with Gasteiger partial charge in [0, 0.05) is 12.1 Å². The summed E-state index contributed by atoms with van der Waals surface area (Å²) in [6.07, 6.45) is 0. The second kappa shape index (κ2) is 7.76. The van der Waals surface area contributed by atoms with Gasteiger partial charge in [-0.2, -0.15) is 0 Å². The summed E-state index contributed by atoms with van der Waals surface area (Å²) in [7, 11) is 0. The van der Waals surface area contributed by atoms with Crippen molar-refractivity contribution in [1.82, 2.24) is 0 Å². The third-order valence-electron chi connectivity index (χ3n) is 2.85. The molecule has 124 valence electrons. The number of carbonyl (C=O) groups is 2. The van der Waals surface area contributed by atoms with Crippen molar-refractivity contribution in [3.8, 4) is 0 Å². The van der Waals surface area contributed by atoms with Crippen LogP contribution in [0.4, 0.5) is 11.4 Å². The Morgan fingerprint density at radius 3 is 2.58 bits per heavy atom. The maximum Gasteiger partial charge on any atom is 0.338 e. The SMILES string of the molecule is O=C(COC(=O)c1cccc([N+](=O)[O-])c1)Nc1cccc(Cl)c1Cl. The molecule has 0 aliphatic carbocycles. The first kappa shape index (κ1) is 17.7. The summed E-state index contributed by atoms with van der Waals surface area (Å²) in [6.45, 7) is -0.579. The molecular weight excluding hydrogens is 359 g/mol. The summed E-state index contributed by atoms with van der Waals surface area (Å²) in [5.41, 5.74) is -0.00189. The van der Waals surface area contributed by atoms with E-state index in [-0.39, 0.29) is 27.0 Å². The maximum absolute atomic E-state index is 11.8. The van der Waals surface area contributed by atoms with E-state index in [1.807, 2.05) is 0 Å². The zero-order valence-electron chi connectivity index (χ0n) is 12.0. The standard InChI is InChI=1S/C15H10Cl2N2O5/c16-11-5-2-6-12(14(11)17)18-13(20)8-24-15(21)9-3-1-4-10(7-9)19(22)23/h1-7H,8H2,(H,18,20). The van der Waals surface area contributed by atoms with Crippen molar-refractivity contribution < 1.29 is 19.2 Å². The molecule has 0 saturated carbocycles. The molecule has 0 aromatic heterocycles. The van der Waals surface area contributed by atoms with Gasteiger partial charge < -0.3 is 10.1 Å². The molecule has 2 aromatic rings. The number of ether oxygens (including phenoxy) is 1. The van der Waals surface area contributed by atoms with Gasteiger partial charge in [0.15, 0.2) is 6.61 Å². The highest BCUT2D eigenvalue weighted by Gasteiger charge is 2.15. The Balaban J connectivity index is 1.96. The Hall–Kier alpha value is -2.64. The fraction of sp³-hybridized carbons (Fsp3) is 0.0667. The van der Waals surface area contributed by atoms with Gasteiger partial charge in [-0.05, 0) is 18.2 Å². The third kappa shape index (κ3) is 4.43. The van der Waals surface area contributed by atoms with Gasteiger partial charge in [0.2, 0.25) is 0 Å². The van der Waals surface area contributed by atoms with Crippen molar-refractivity contribution in [2.75, 3.05) is 11.9 Å². The number of hydrogen-bond acceptors (Lipinski definition) is 5. The van der Waals surface area contributed by atoms with Gasteiger partial charge in [-0.15, -0.1) is 0 Å². The summed E-state index contributed by atoms with van der Waals surface area (Å²) in [4.78, 5) is 33.7. The van der Waals surface area contributed by atoms with Crippen molar-refractivity contribution in [3.63, 3.8) is 0 Å². The molecule has 0 atom stereocenters. The minimum Gasteiger partial charge on any atom is -0.452 e. The average Bonchev–Trinajstić information content (AvgIpc) is 2.57. The number of benzene rings is 2. The molecule has 0 saturated heterocycles. The van der Waals surface area contributed by atoms with E-state index in [0.717, 1.165) is 6.07 Å². The fourth-order valence-corrected chi connectivity index (χ4v) is 2.10. The lowest BCUT2D eigenvalue weighted by Gasteiger charge is -2.08. The van der Waals surface area contributed by atoms with E-state index in [9.17, 15) is 19.7 Å². The lowest BCUT2D eigenvalue weighted by atomic mass is 10.2. The van der Waals surface area contributed by atoms with Crippen LogP contribution in [0.5, 0.6) is 0 Å². The average molecular weight is 369 g/mol. The van der Waals surface area contributed by atoms with Crippen LogP contribution in [0, 0.1) is 10.1 Å². The molecule has 2 rings (SSSR count). The number of rotatable bonds is 5.